The lowest BCUT2D eigenvalue weighted by atomic mass is 9.99. The van der Waals surface area contributed by atoms with Crippen molar-refractivity contribution in [1.82, 2.24) is 4.98 Å². The summed E-state index contributed by atoms with van der Waals surface area (Å²) in [5, 5.41) is 13.5. The minimum atomic E-state index is -1.31. The molecule has 1 atom stereocenters. The van der Waals surface area contributed by atoms with Gasteiger partial charge in [-0.1, -0.05) is 19.1 Å². The number of thiazole rings is 1. The zero-order valence-electron chi connectivity index (χ0n) is 22.8. The predicted octanol–water partition coefficient (Wildman–Crippen LogP) is 6.73. The number of methoxy groups -OCH3 is 2. The molecule has 8 nitrogen and oxygen atoms in total. The number of rotatable bonds is 14. The van der Waals surface area contributed by atoms with Gasteiger partial charge >= 0.3 is 5.97 Å². The van der Waals surface area contributed by atoms with E-state index < -0.39 is 29.1 Å². The normalized spacial score (nSPS) is 12.3. The molecule has 11 heteroatoms. The molecule has 1 heterocycles. The Hall–Kier alpha value is -3.67. The highest BCUT2D eigenvalue weighted by molar-refractivity contribution is 7.14. The van der Waals surface area contributed by atoms with Crippen molar-refractivity contribution in [2.24, 2.45) is 0 Å². The van der Waals surface area contributed by atoms with Gasteiger partial charge in [-0.25, -0.2) is 18.6 Å². The molecular weight excluding hydrogens is 542 g/mol. The highest BCUT2D eigenvalue weighted by Gasteiger charge is 2.21. The molecule has 3 aromatic rings. The highest BCUT2D eigenvalue weighted by Crippen LogP contribution is 2.39. The van der Waals surface area contributed by atoms with Crippen molar-refractivity contribution >= 4 is 34.4 Å². The number of halogens is 2. The summed E-state index contributed by atoms with van der Waals surface area (Å²) < 4.78 is 46.1. The van der Waals surface area contributed by atoms with Gasteiger partial charge in [-0.2, -0.15) is 0 Å². The number of aromatic nitrogens is 1. The number of nitrogens with zero attached hydrogens (tertiary/aromatic N) is 1. The van der Waals surface area contributed by atoms with Gasteiger partial charge in [0.25, 0.3) is 5.91 Å². The molecule has 0 saturated heterocycles. The van der Waals surface area contributed by atoms with Gasteiger partial charge in [0.05, 0.1) is 18.9 Å². The molecule has 2 N–H and O–H groups in total. The molecule has 0 aliphatic heterocycles. The van der Waals surface area contributed by atoms with Crippen molar-refractivity contribution in [3.05, 3.63) is 69.6 Å². The topological polar surface area (TPSA) is 107 Å². The van der Waals surface area contributed by atoms with Crippen molar-refractivity contribution in [3.63, 3.8) is 0 Å². The number of aliphatic carboxylic acids is 1. The van der Waals surface area contributed by atoms with E-state index in [0.29, 0.717) is 23.6 Å². The first-order valence-electron chi connectivity index (χ1n) is 12.6. The first-order chi connectivity index (χ1) is 19.2. The summed E-state index contributed by atoms with van der Waals surface area (Å²) in [7, 11) is 3.20. The summed E-state index contributed by atoms with van der Waals surface area (Å²) in [6, 6.07) is 7.34. The molecule has 1 unspecified atom stereocenters. The molecule has 1 amide bonds. The zero-order chi connectivity index (χ0) is 29.2. The SMILES string of the molecule is CCCOCCCC(OC)c1cccc(-c2csc(NC(=O)c3cc(F)c(/C=C(\C)C(=O)O)c(F)c3)n2)c1OC. The Morgan fingerprint density at radius 1 is 1.18 bits per heavy atom. The number of para-hydroxylation sites is 1. The number of carboxylic acid groups (broad SMARTS) is 1. The number of benzene rings is 2. The fourth-order valence-corrected chi connectivity index (χ4v) is 4.72. The third-order valence-corrected chi connectivity index (χ3v) is 6.78. The smallest absolute Gasteiger partial charge is 0.331 e. The number of carbonyl (C=O) groups is 2. The molecule has 3 rings (SSSR count). The highest BCUT2D eigenvalue weighted by atomic mass is 32.1. The Balaban J connectivity index is 1.79. The quantitative estimate of drug-likeness (QED) is 0.162. The number of ether oxygens (including phenoxy) is 3. The van der Waals surface area contributed by atoms with E-state index in [4.69, 9.17) is 19.3 Å². The summed E-state index contributed by atoms with van der Waals surface area (Å²) in [6.45, 7) is 4.63. The molecule has 0 fully saturated rings. The molecule has 0 saturated carbocycles. The molecule has 0 bridgehead atoms. The Labute approximate surface area is 235 Å². The second-order valence-corrected chi connectivity index (χ2v) is 9.74. The van der Waals surface area contributed by atoms with Gasteiger partial charge in [0.2, 0.25) is 0 Å². The van der Waals surface area contributed by atoms with Crippen LogP contribution in [0.3, 0.4) is 0 Å². The van der Waals surface area contributed by atoms with Crippen molar-refractivity contribution in [3.8, 4) is 17.0 Å². The second-order valence-electron chi connectivity index (χ2n) is 8.89. The lowest BCUT2D eigenvalue weighted by molar-refractivity contribution is -0.132. The number of carbonyl (C=O) groups excluding carboxylic acids is 1. The summed E-state index contributed by atoms with van der Waals surface area (Å²) in [5.41, 5.74) is 1.03. The lowest BCUT2D eigenvalue weighted by Gasteiger charge is -2.20. The van der Waals surface area contributed by atoms with Crippen LogP contribution in [0.2, 0.25) is 0 Å². The number of hydrogen-bond acceptors (Lipinski definition) is 7. The van der Waals surface area contributed by atoms with Gasteiger partial charge in [-0.3, -0.25) is 10.1 Å². The van der Waals surface area contributed by atoms with Crippen LogP contribution in [-0.4, -0.2) is 49.4 Å². The van der Waals surface area contributed by atoms with Gasteiger partial charge < -0.3 is 19.3 Å². The minimum Gasteiger partial charge on any atom is -0.496 e. The summed E-state index contributed by atoms with van der Waals surface area (Å²) >= 11 is 1.14. The molecule has 0 radical (unpaired) electrons. The average molecular weight is 575 g/mol. The largest absolute Gasteiger partial charge is 0.496 e. The molecule has 214 valence electrons. The number of nitrogens with one attached hydrogen (secondary N) is 1. The Morgan fingerprint density at radius 2 is 1.90 bits per heavy atom. The van der Waals surface area contributed by atoms with Crippen molar-refractivity contribution in [2.45, 2.75) is 39.2 Å². The van der Waals surface area contributed by atoms with Gasteiger partial charge in [0.15, 0.2) is 5.13 Å². The van der Waals surface area contributed by atoms with Crippen LogP contribution < -0.4 is 10.1 Å². The van der Waals surface area contributed by atoms with E-state index >= 15 is 0 Å². The molecule has 2 aromatic carbocycles. The van der Waals surface area contributed by atoms with Crippen molar-refractivity contribution < 1.29 is 37.7 Å². The third-order valence-electron chi connectivity index (χ3n) is 6.02. The van der Waals surface area contributed by atoms with Crippen LogP contribution >= 0.6 is 11.3 Å². The van der Waals surface area contributed by atoms with E-state index in [9.17, 15) is 18.4 Å². The van der Waals surface area contributed by atoms with E-state index in [0.717, 1.165) is 61.0 Å². The summed E-state index contributed by atoms with van der Waals surface area (Å²) in [5.74, 6) is -3.60. The van der Waals surface area contributed by atoms with E-state index in [-0.39, 0.29) is 22.4 Å². The Bertz CT molecular complexity index is 1350. The van der Waals surface area contributed by atoms with Crippen LogP contribution in [0.15, 0.2) is 41.3 Å². The second kappa shape index (κ2) is 14.6. The number of hydrogen-bond donors (Lipinski definition) is 2. The predicted molar refractivity (Wildman–Crippen MR) is 150 cm³/mol. The monoisotopic (exact) mass is 574 g/mol. The molecule has 1 aromatic heterocycles. The molecule has 0 aliphatic rings. The number of carboxylic acids is 1. The van der Waals surface area contributed by atoms with Gasteiger partial charge in [0.1, 0.15) is 17.4 Å². The number of anilines is 1. The lowest BCUT2D eigenvalue weighted by Crippen LogP contribution is -2.13. The maximum absolute atomic E-state index is 14.5. The van der Waals surface area contributed by atoms with E-state index in [1.165, 1.54) is 6.92 Å². The average Bonchev–Trinajstić information content (AvgIpc) is 3.40. The van der Waals surface area contributed by atoms with Crippen LogP contribution in [0.5, 0.6) is 5.75 Å². The van der Waals surface area contributed by atoms with Crippen LogP contribution in [0.4, 0.5) is 13.9 Å². The van der Waals surface area contributed by atoms with Crippen LogP contribution in [0.1, 0.15) is 60.7 Å². The standard InChI is InChI=1S/C29H32F2N2O6S/c1-5-11-39-12-7-10-25(37-3)20-9-6-8-19(26(20)38-4)24-16-40-29(32-24)33-27(34)18-14-22(30)21(23(31)15-18)13-17(2)28(35)36/h6,8-9,13-16,25H,5,7,10-12H2,1-4H3,(H,35,36)(H,32,33,34)/b17-13+. The van der Waals surface area contributed by atoms with Crippen molar-refractivity contribution in [2.75, 3.05) is 32.8 Å². The van der Waals surface area contributed by atoms with Gasteiger partial charge in [0, 0.05) is 53.5 Å². The number of amides is 1. The maximum atomic E-state index is 14.5. The molecule has 0 aliphatic carbocycles. The fourth-order valence-electron chi connectivity index (χ4n) is 4.01. The van der Waals surface area contributed by atoms with Crippen LogP contribution in [-0.2, 0) is 14.3 Å². The zero-order valence-corrected chi connectivity index (χ0v) is 23.6. The Kier molecular flexibility index (Phi) is 11.3. The maximum Gasteiger partial charge on any atom is 0.331 e. The summed E-state index contributed by atoms with van der Waals surface area (Å²) in [6.07, 6.45) is 3.16. The van der Waals surface area contributed by atoms with Gasteiger partial charge in [-0.15, -0.1) is 11.3 Å². The van der Waals surface area contributed by atoms with E-state index in [2.05, 4.69) is 17.2 Å². The van der Waals surface area contributed by atoms with Crippen molar-refractivity contribution in [1.29, 1.82) is 0 Å². The first-order valence-corrected chi connectivity index (χ1v) is 13.5. The molecule has 40 heavy (non-hydrogen) atoms. The van der Waals surface area contributed by atoms with E-state index in [1.54, 1.807) is 19.6 Å². The first kappa shape index (κ1) is 30.9. The Morgan fingerprint density at radius 3 is 2.52 bits per heavy atom. The third kappa shape index (κ3) is 7.71. The fraction of sp³-hybridized carbons (Fsp3) is 0.345. The van der Waals surface area contributed by atoms with Gasteiger partial charge in [-0.05, 0) is 50.5 Å². The molecular formula is C29H32F2N2O6S. The van der Waals surface area contributed by atoms with E-state index in [1.807, 2.05) is 18.2 Å². The molecule has 0 spiro atoms. The summed E-state index contributed by atoms with van der Waals surface area (Å²) in [4.78, 5) is 28.2. The van der Waals surface area contributed by atoms with Crippen LogP contribution in [0, 0.1) is 11.6 Å². The van der Waals surface area contributed by atoms with Crippen LogP contribution in [0.25, 0.3) is 17.3 Å². The minimum absolute atomic E-state index is 0.218.